The van der Waals surface area contributed by atoms with Crippen LogP contribution in [0.4, 0.5) is 4.39 Å². The molecule has 2 heterocycles. The van der Waals surface area contributed by atoms with E-state index in [-0.39, 0.29) is 28.3 Å². The minimum Gasteiger partial charge on any atom is -0.481 e. The molecule has 0 saturated heterocycles. The van der Waals surface area contributed by atoms with Crippen LogP contribution in [0.1, 0.15) is 19.8 Å². The van der Waals surface area contributed by atoms with Crippen LogP contribution in [0.2, 0.25) is 0 Å². The zero-order valence-corrected chi connectivity index (χ0v) is 17.2. The number of allylic oxidation sites excluding steroid dienone is 4. The second-order valence-corrected chi connectivity index (χ2v) is 8.79. The van der Waals surface area contributed by atoms with Gasteiger partial charge in [0.15, 0.2) is 0 Å². The van der Waals surface area contributed by atoms with Crippen LogP contribution in [0.5, 0.6) is 11.6 Å². The molecule has 1 N–H and O–H groups in total. The maximum Gasteiger partial charge on any atom is 0.307 e. The first-order valence-electron chi connectivity index (χ1n) is 9.31. The average Bonchev–Trinajstić information content (AvgIpc) is 3.03. The van der Waals surface area contributed by atoms with Gasteiger partial charge in [-0.25, -0.2) is 17.8 Å². The molecule has 9 heteroatoms. The van der Waals surface area contributed by atoms with E-state index in [1.165, 1.54) is 12.1 Å². The van der Waals surface area contributed by atoms with Crippen molar-refractivity contribution in [1.29, 1.82) is 0 Å². The number of benzene rings is 1. The van der Waals surface area contributed by atoms with Gasteiger partial charge in [0.05, 0.1) is 17.0 Å². The van der Waals surface area contributed by atoms with E-state index in [1.807, 2.05) is 6.07 Å². The van der Waals surface area contributed by atoms with Crippen LogP contribution in [-0.4, -0.2) is 30.2 Å². The standard InChI is InChI=1S/C22H17FN2O5S/c1-13-16(11-20(26)27)21-18(25-13)9-8-17(23)22(21)31(28,29)15-7-10-19(24-12-15)30-14-5-3-2-4-6-14/h2-8,10,12H,9,11H2,1H3,(H,26,27). The van der Waals surface area contributed by atoms with Gasteiger partial charge in [-0.05, 0) is 36.8 Å². The van der Waals surface area contributed by atoms with Gasteiger partial charge in [0.1, 0.15) is 16.5 Å². The predicted molar refractivity (Wildman–Crippen MR) is 111 cm³/mol. The summed E-state index contributed by atoms with van der Waals surface area (Å²) in [7, 11) is -4.34. The Labute approximate surface area is 177 Å². The number of carboxylic acid groups (broad SMARTS) is 1. The van der Waals surface area contributed by atoms with E-state index in [1.54, 1.807) is 31.2 Å². The first-order chi connectivity index (χ1) is 14.8. The van der Waals surface area contributed by atoms with Crippen molar-refractivity contribution in [2.45, 2.75) is 24.7 Å². The largest absolute Gasteiger partial charge is 0.481 e. The molecule has 1 aromatic heterocycles. The van der Waals surface area contributed by atoms with Gasteiger partial charge in [0.25, 0.3) is 0 Å². The molecule has 0 fully saturated rings. The number of hydrogen-bond donors (Lipinski definition) is 1. The van der Waals surface area contributed by atoms with Crippen LogP contribution >= 0.6 is 0 Å². The molecule has 1 aliphatic carbocycles. The number of rotatable bonds is 6. The molecule has 7 nitrogen and oxygen atoms in total. The van der Waals surface area contributed by atoms with Gasteiger partial charge in [0.2, 0.25) is 15.7 Å². The monoisotopic (exact) mass is 440 g/mol. The Morgan fingerprint density at radius 2 is 1.94 bits per heavy atom. The van der Waals surface area contributed by atoms with E-state index in [0.717, 1.165) is 12.3 Å². The number of hydrogen-bond acceptors (Lipinski definition) is 6. The van der Waals surface area contributed by atoms with Gasteiger partial charge < -0.3 is 9.84 Å². The summed E-state index contributed by atoms with van der Waals surface area (Å²) < 4.78 is 47.0. The number of nitrogens with zero attached hydrogens (tertiary/aromatic N) is 2. The minimum atomic E-state index is -4.34. The second-order valence-electron chi connectivity index (χ2n) is 6.90. The molecule has 1 aromatic carbocycles. The predicted octanol–water partition coefficient (Wildman–Crippen LogP) is 4.36. The van der Waals surface area contributed by atoms with Crippen LogP contribution in [-0.2, 0) is 14.6 Å². The summed E-state index contributed by atoms with van der Waals surface area (Å²) in [5.41, 5.74) is 0.935. The van der Waals surface area contributed by atoms with Crippen LogP contribution in [0.3, 0.4) is 0 Å². The Morgan fingerprint density at radius 3 is 2.58 bits per heavy atom. The maximum atomic E-state index is 14.8. The molecule has 2 aliphatic rings. The van der Waals surface area contributed by atoms with E-state index in [9.17, 15) is 22.7 Å². The van der Waals surface area contributed by atoms with Crippen molar-refractivity contribution in [2.24, 2.45) is 4.99 Å². The highest BCUT2D eigenvalue weighted by molar-refractivity contribution is 7.95. The quantitative estimate of drug-likeness (QED) is 0.715. The van der Waals surface area contributed by atoms with E-state index in [2.05, 4.69) is 9.98 Å². The molecular formula is C22H17FN2O5S. The number of aliphatic imine (C=N–C) groups is 1. The van der Waals surface area contributed by atoms with Gasteiger partial charge in [-0.2, -0.15) is 0 Å². The number of aliphatic carboxylic acids is 1. The zero-order chi connectivity index (χ0) is 22.2. The van der Waals surface area contributed by atoms with Crippen molar-refractivity contribution >= 4 is 21.5 Å². The molecule has 31 heavy (non-hydrogen) atoms. The third kappa shape index (κ3) is 3.91. The highest BCUT2D eigenvalue weighted by atomic mass is 32.2. The van der Waals surface area contributed by atoms with Crippen LogP contribution in [0.25, 0.3) is 0 Å². The van der Waals surface area contributed by atoms with Gasteiger partial charge in [-0.15, -0.1) is 0 Å². The number of para-hydroxylation sites is 1. The number of halogens is 1. The van der Waals surface area contributed by atoms with Crippen LogP contribution in [0.15, 0.2) is 92.2 Å². The molecule has 0 atom stereocenters. The molecule has 1 aliphatic heterocycles. The fraction of sp³-hybridized carbons (Fsp3) is 0.136. The number of ether oxygens (including phenoxy) is 1. The van der Waals surface area contributed by atoms with Gasteiger partial charge in [-0.1, -0.05) is 18.2 Å². The number of carboxylic acids is 1. The van der Waals surface area contributed by atoms with Gasteiger partial charge in [-0.3, -0.25) is 9.79 Å². The Morgan fingerprint density at radius 1 is 1.19 bits per heavy atom. The second kappa shape index (κ2) is 7.92. The van der Waals surface area contributed by atoms with Crippen molar-refractivity contribution in [3.8, 4) is 11.6 Å². The van der Waals surface area contributed by atoms with E-state index in [4.69, 9.17) is 4.74 Å². The SMILES string of the molecule is CC1=C(CC(=O)O)C2=C(S(=O)(=O)c3ccc(Oc4ccccc4)nc3)C(F)=CCC2=N1. The van der Waals surface area contributed by atoms with E-state index >= 15 is 0 Å². The Balaban J connectivity index is 1.74. The summed E-state index contributed by atoms with van der Waals surface area (Å²) in [4.78, 5) is 18.8. The summed E-state index contributed by atoms with van der Waals surface area (Å²) in [6, 6.07) is 11.5. The lowest BCUT2D eigenvalue weighted by molar-refractivity contribution is -0.136. The third-order valence-electron chi connectivity index (χ3n) is 4.83. The summed E-state index contributed by atoms with van der Waals surface area (Å²) in [5, 5.41) is 9.22. The smallest absolute Gasteiger partial charge is 0.307 e. The molecule has 0 bridgehead atoms. The topological polar surface area (TPSA) is 106 Å². The number of aromatic nitrogens is 1. The van der Waals surface area contributed by atoms with Gasteiger partial charge >= 0.3 is 5.97 Å². The van der Waals surface area contributed by atoms with Crippen LogP contribution in [0, 0.1) is 0 Å². The first kappa shape index (κ1) is 20.7. The maximum absolute atomic E-state index is 14.8. The molecule has 0 spiro atoms. The fourth-order valence-corrected chi connectivity index (χ4v) is 4.96. The van der Waals surface area contributed by atoms with Crippen molar-refractivity contribution in [3.63, 3.8) is 0 Å². The number of sulfone groups is 1. The van der Waals surface area contributed by atoms with Crippen molar-refractivity contribution < 1.29 is 27.4 Å². The Hall–Kier alpha value is -3.59. The number of pyridine rings is 1. The first-order valence-corrected chi connectivity index (χ1v) is 10.8. The molecule has 0 amide bonds. The third-order valence-corrected chi connectivity index (χ3v) is 6.63. The van der Waals surface area contributed by atoms with E-state index < -0.39 is 33.0 Å². The molecule has 0 radical (unpaired) electrons. The fourth-order valence-electron chi connectivity index (χ4n) is 3.44. The lowest BCUT2D eigenvalue weighted by Gasteiger charge is -2.18. The number of carbonyl (C=O) groups is 1. The van der Waals surface area contributed by atoms with Crippen molar-refractivity contribution in [1.82, 2.24) is 4.98 Å². The van der Waals surface area contributed by atoms with E-state index in [0.29, 0.717) is 17.2 Å². The number of fused-ring (bicyclic) bond motifs is 1. The summed E-state index contributed by atoms with van der Waals surface area (Å²) >= 11 is 0. The average molecular weight is 440 g/mol. The summed E-state index contributed by atoms with van der Waals surface area (Å²) in [6.07, 6.45) is 1.85. The van der Waals surface area contributed by atoms with Crippen molar-refractivity contribution in [2.75, 3.05) is 0 Å². The van der Waals surface area contributed by atoms with Gasteiger partial charge in [0, 0.05) is 30.0 Å². The molecule has 0 unspecified atom stereocenters. The highest BCUT2D eigenvalue weighted by Crippen LogP contribution is 2.41. The normalized spacial score (nSPS) is 16.1. The molecule has 2 aromatic rings. The Kier molecular flexibility index (Phi) is 5.28. The molecule has 158 valence electrons. The zero-order valence-electron chi connectivity index (χ0n) is 16.4. The lowest BCUT2D eigenvalue weighted by Crippen LogP contribution is -2.18. The molecule has 4 rings (SSSR count). The molecular weight excluding hydrogens is 423 g/mol. The summed E-state index contributed by atoms with van der Waals surface area (Å²) in [5.74, 6) is -1.39. The molecule has 0 saturated carbocycles. The highest BCUT2D eigenvalue weighted by Gasteiger charge is 2.37. The van der Waals surface area contributed by atoms with Crippen LogP contribution < -0.4 is 4.74 Å². The summed E-state index contributed by atoms with van der Waals surface area (Å²) in [6.45, 7) is 1.58. The Bertz CT molecular complexity index is 1290. The lowest BCUT2D eigenvalue weighted by atomic mass is 9.94. The van der Waals surface area contributed by atoms with Crippen molar-refractivity contribution in [3.05, 3.63) is 82.3 Å². The minimum absolute atomic E-state index is 0.0320.